The first kappa shape index (κ1) is 21.6. The van der Waals surface area contributed by atoms with E-state index in [-0.39, 0.29) is 29.5 Å². The van der Waals surface area contributed by atoms with Crippen molar-refractivity contribution in [3.05, 3.63) is 64.7 Å². The molecule has 1 aliphatic rings. The summed E-state index contributed by atoms with van der Waals surface area (Å²) in [5.74, 6) is -3.15. The topological polar surface area (TPSA) is 97.3 Å². The monoisotopic (exact) mass is 459 g/mol. The van der Waals surface area contributed by atoms with E-state index < -0.39 is 29.5 Å². The van der Waals surface area contributed by atoms with Crippen LogP contribution in [0.4, 0.5) is 14.6 Å². The van der Waals surface area contributed by atoms with Gasteiger partial charge in [0.15, 0.2) is 23.2 Å². The number of nitrogens with zero attached hydrogens (tertiary/aromatic N) is 4. The maximum absolute atomic E-state index is 14.3. The Morgan fingerprint density at radius 3 is 2.84 bits per heavy atom. The van der Waals surface area contributed by atoms with Gasteiger partial charge in [-0.2, -0.15) is 0 Å². The molecule has 0 aliphatic carbocycles. The molecule has 0 saturated heterocycles. The minimum Gasteiger partial charge on any atom is -0.487 e. The summed E-state index contributed by atoms with van der Waals surface area (Å²) in [5, 5.41) is 2.85. The molecular weight excluding hydrogens is 444 g/mol. The SMILES string of the molecule is Cc1cnc(C(=O)N[C@H]2COc3cc(Cl)cnc3N(C)C2=O)nc1-c1cccc(F)c1F. The Balaban J connectivity index is 1.59. The molecule has 0 unspecified atom stereocenters. The van der Waals surface area contributed by atoms with Gasteiger partial charge < -0.3 is 10.1 Å². The van der Waals surface area contributed by atoms with E-state index in [2.05, 4.69) is 20.3 Å². The molecule has 1 aromatic carbocycles. The number of fused-ring (bicyclic) bond motifs is 1. The van der Waals surface area contributed by atoms with Gasteiger partial charge >= 0.3 is 0 Å². The second-order valence-electron chi connectivity index (χ2n) is 7.04. The maximum atomic E-state index is 14.3. The third-order valence-corrected chi connectivity index (χ3v) is 5.04. The molecule has 3 heterocycles. The van der Waals surface area contributed by atoms with E-state index in [1.54, 1.807) is 6.92 Å². The summed E-state index contributed by atoms with van der Waals surface area (Å²) < 4.78 is 33.5. The summed E-state index contributed by atoms with van der Waals surface area (Å²) in [6.45, 7) is 1.43. The lowest BCUT2D eigenvalue weighted by Crippen LogP contribution is -2.49. The number of aromatic nitrogens is 3. The van der Waals surface area contributed by atoms with Gasteiger partial charge in [-0.15, -0.1) is 0 Å². The first-order valence-corrected chi connectivity index (χ1v) is 9.79. The number of anilines is 1. The molecule has 1 aliphatic heterocycles. The average molecular weight is 460 g/mol. The van der Waals surface area contributed by atoms with Crippen LogP contribution in [0.3, 0.4) is 0 Å². The first-order chi connectivity index (χ1) is 15.3. The van der Waals surface area contributed by atoms with E-state index in [1.807, 2.05) is 0 Å². The number of likely N-dealkylation sites (N-methyl/N-ethyl adjacent to an activating group) is 1. The highest BCUT2D eigenvalue weighted by molar-refractivity contribution is 6.30. The molecule has 0 radical (unpaired) electrons. The van der Waals surface area contributed by atoms with E-state index >= 15 is 0 Å². The number of carbonyl (C=O) groups is 2. The Morgan fingerprint density at radius 2 is 2.06 bits per heavy atom. The summed E-state index contributed by atoms with van der Waals surface area (Å²) in [5.41, 5.74) is 0.401. The van der Waals surface area contributed by atoms with E-state index in [4.69, 9.17) is 16.3 Å². The Labute approximate surface area is 186 Å². The zero-order valence-corrected chi connectivity index (χ0v) is 17.7. The molecule has 3 aromatic rings. The van der Waals surface area contributed by atoms with Gasteiger partial charge in [0.1, 0.15) is 12.6 Å². The molecule has 11 heteroatoms. The minimum absolute atomic E-state index is 0.0638. The lowest BCUT2D eigenvalue weighted by Gasteiger charge is -2.19. The van der Waals surface area contributed by atoms with Crippen LogP contribution in [0.15, 0.2) is 36.7 Å². The van der Waals surface area contributed by atoms with Crippen molar-refractivity contribution in [1.82, 2.24) is 20.3 Å². The van der Waals surface area contributed by atoms with Crippen LogP contribution < -0.4 is 15.0 Å². The van der Waals surface area contributed by atoms with Crippen LogP contribution in [-0.4, -0.2) is 46.5 Å². The molecule has 2 aromatic heterocycles. The van der Waals surface area contributed by atoms with Crippen molar-refractivity contribution in [1.29, 1.82) is 0 Å². The van der Waals surface area contributed by atoms with Gasteiger partial charge in [0.2, 0.25) is 5.82 Å². The summed E-state index contributed by atoms with van der Waals surface area (Å²) in [6, 6.07) is 4.12. The number of hydrogen-bond donors (Lipinski definition) is 1. The van der Waals surface area contributed by atoms with Crippen molar-refractivity contribution in [2.24, 2.45) is 0 Å². The van der Waals surface area contributed by atoms with Crippen LogP contribution >= 0.6 is 11.6 Å². The predicted octanol–water partition coefficient (Wildman–Crippen LogP) is 2.93. The lowest BCUT2D eigenvalue weighted by molar-refractivity contribution is -0.120. The molecule has 8 nitrogen and oxygen atoms in total. The van der Waals surface area contributed by atoms with Gasteiger partial charge in [0.25, 0.3) is 11.8 Å². The van der Waals surface area contributed by atoms with Crippen LogP contribution in [0, 0.1) is 18.6 Å². The normalized spacial score (nSPS) is 15.6. The zero-order valence-electron chi connectivity index (χ0n) is 16.9. The number of amides is 2. The van der Waals surface area contributed by atoms with Crippen LogP contribution in [0.1, 0.15) is 16.2 Å². The third kappa shape index (κ3) is 3.96. The van der Waals surface area contributed by atoms with Crippen molar-refractivity contribution in [3.8, 4) is 17.0 Å². The first-order valence-electron chi connectivity index (χ1n) is 9.41. The second kappa shape index (κ2) is 8.46. The fourth-order valence-electron chi connectivity index (χ4n) is 3.19. The van der Waals surface area contributed by atoms with Crippen molar-refractivity contribution in [2.75, 3.05) is 18.6 Å². The van der Waals surface area contributed by atoms with Crippen molar-refractivity contribution in [3.63, 3.8) is 0 Å². The molecule has 164 valence electrons. The Morgan fingerprint density at radius 1 is 1.28 bits per heavy atom. The molecule has 4 rings (SSSR count). The smallest absolute Gasteiger partial charge is 0.289 e. The Bertz CT molecular complexity index is 1240. The molecule has 0 fully saturated rings. The van der Waals surface area contributed by atoms with Crippen LogP contribution in [0.5, 0.6) is 5.75 Å². The fraction of sp³-hybridized carbons (Fsp3) is 0.190. The summed E-state index contributed by atoms with van der Waals surface area (Å²) in [7, 11) is 1.49. The van der Waals surface area contributed by atoms with E-state index in [0.29, 0.717) is 16.3 Å². The van der Waals surface area contributed by atoms with Crippen molar-refractivity contribution < 1.29 is 23.1 Å². The van der Waals surface area contributed by atoms with Crippen LogP contribution in [0.2, 0.25) is 5.02 Å². The number of aryl methyl sites for hydroxylation is 1. The number of rotatable bonds is 3. The lowest BCUT2D eigenvalue weighted by atomic mass is 10.1. The molecular formula is C21H16ClF2N5O3. The van der Waals surface area contributed by atoms with Gasteiger partial charge in [0.05, 0.1) is 10.7 Å². The maximum Gasteiger partial charge on any atom is 0.289 e. The summed E-state index contributed by atoms with van der Waals surface area (Å²) in [6.07, 6.45) is 2.69. The van der Waals surface area contributed by atoms with Gasteiger partial charge in [0, 0.05) is 31.1 Å². The van der Waals surface area contributed by atoms with Gasteiger partial charge in [-0.05, 0) is 24.6 Å². The van der Waals surface area contributed by atoms with Gasteiger partial charge in [-0.1, -0.05) is 17.7 Å². The van der Waals surface area contributed by atoms with Crippen molar-refractivity contribution >= 4 is 29.2 Å². The highest BCUT2D eigenvalue weighted by Crippen LogP contribution is 2.30. The van der Waals surface area contributed by atoms with Crippen LogP contribution in [-0.2, 0) is 4.79 Å². The second-order valence-corrected chi connectivity index (χ2v) is 7.47. The van der Waals surface area contributed by atoms with Crippen LogP contribution in [0.25, 0.3) is 11.3 Å². The number of halogens is 3. The number of carbonyl (C=O) groups excluding carboxylic acids is 2. The molecule has 0 bridgehead atoms. The quantitative estimate of drug-likeness (QED) is 0.647. The average Bonchev–Trinajstić information content (AvgIpc) is 2.88. The van der Waals surface area contributed by atoms with Crippen molar-refractivity contribution in [2.45, 2.75) is 13.0 Å². The minimum atomic E-state index is -1.08. The summed E-state index contributed by atoms with van der Waals surface area (Å²) >= 11 is 5.93. The van der Waals surface area contributed by atoms with Gasteiger partial charge in [-0.25, -0.2) is 23.7 Å². The number of nitrogens with one attached hydrogen (secondary N) is 1. The fourth-order valence-corrected chi connectivity index (χ4v) is 3.34. The molecule has 32 heavy (non-hydrogen) atoms. The van der Waals surface area contributed by atoms with E-state index in [0.717, 1.165) is 6.07 Å². The number of ether oxygens (including phenoxy) is 1. The Hall–Kier alpha value is -3.66. The molecule has 1 atom stereocenters. The van der Waals surface area contributed by atoms with Gasteiger partial charge in [-0.3, -0.25) is 14.5 Å². The zero-order chi connectivity index (χ0) is 23.0. The Kier molecular flexibility index (Phi) is 5.70. The number of pyridine rings is 1. The molecule has 1 N–H and O–H groups in total. The predicted molar refractivity (Wildman–Crippen MR) is 112 cm³/mol. The summed E-state index contributed by atoms with van der Waals surface area (Å²) in [4.78, 5) is 39.0. The molecule has 2 amide bonds. The highest BCUT2D eigenvalue weighted by atomic mass is 35.5. The third-order valence-electron chi connectivity index (χ3n) is 4.84. The molecule has 0 saturated carbocycles. The molecule has 0 spiro atoms. The largest absolute Gasteiger partial charge is 0.487 e. The standard InChI is InChI=1S/C21H16ClF2N5O3/c1-10-7-25-18(28-17(10)12-4-3-5-13(23)16(12)24)20(30)27-14-9-32-15-6-11(22)8-26-19(15)29(2)21(14)31/h3-8,14H,9H2,1-2H3,(H,27,30)/t14-/m0/s1. The van der Waals surface area contributed by atoms with E-state index in [1.165, 1.54) is 42.5 Å². The number of hydrogen-bond acceptors (Lipinski definition) is 6. The van der Waals surface area contributed by atoms with E-state index in [9.17, 15) is 18.4 Å². The number of benzene rings is 1. The highest BCUT2D eigenvalue weighted by Gasteiger charge is 2.32.